The van der Waals surface area contributed by atoms with Crippen molar-refractivity contribution < 1.29 is 13.2 Å². The van der Waals surface area contributed by atoms with Crippen LogP contribution in [0.1, 0.15) is 38.7 Å². The molecular weight excluding hydrogens is 374 g/mol. The van der Waals surface area contributed by atoms with Gasteiger partial charge in [-0.1, -0.05) is 26.3 Å². The van der Waals surface area contributed by atoms with Crippen molar-refractivity contribution in [2.24, 2.45) is 11.8 Å². The van der Waals surface area contributed by atoms with E-state index < -0.39 is 9.84 Å². The molecule has 3 rings (SSSR count). The summed E-state index contributed by atoms with van der Waals surface area (Å²) in [6.07, 6.45) is 6.10. The number of nitrogens with zero attached hydrogens (tertiary/aromatic N) is 1. The van der Waals surface area contributed by atoms with Crippen molar-refractivity contribution in [1.82, 2.24) is 10.3 Å². The Morgan fingerprint density at radius 1 is 1.14 bits per heavy atom. The van der Waals surface area contributed by atoms with Gasteiger partial charge in [0.15, 0.2) is 9.84 Å². The fourth-order valence-electron chi connectivity index (χ4n) is 3.68. The number of aromatic nitrogens is 1. The van der Waals surface area contributed by atoms with Gasteiger partial charge in [-0.05, 0) is 60.6 Å². The molecule has 1 aliphatic carbocycles. The van der Waals surface area contributed by atoms with E-state index in [1.54, 1.807) is 36.7 Å². The number of hydrogen-bond donors (Lipinski definition) is 2. The summed E-state index contributed by atoms with van der Waals surface area (Å²) in [7, 11) is -3.37. The molecule has 1 saturated carbocycles. The van der Waals surface area contributed by atoms with Gasteiger partial charge in [0.05, 0.1) is 10.1 Å². The van der Waals surface area contributed by atoms with Gasteiger partial charge in [0, 0.05) is 24.6 Å². The van der Waals surface area contributed by atoms with Crippen LogP contribution in [-0.4, -0.2) is 24.7 Å². The van der Waals surface area contributed by atoms with Crippen LogP contribution in [0.3, 0.4) is 0 Å². The maximum atomic E-state index is 13.0. The highest BCUT2D eigenvalue weighted by atomic mass is 32.2. The zero-order valence-corrected chi connectivity index (χ0v) is 17.1. The lowest BCUT2D eigenvalue weighted by atomic mass is 9.84. The van der Waals surface area contributed by atoms with Crippen molar-refractivity contribution in [3.8, 4) is 0 Å². The average molecular weight is 402 g/mol. The van der Waals surface area contributed by atoms with E-state index in [2.05, 4.69) is 22.5 Å². The van der Waals surface area contributed by atoms with Gasteiger partial charge in [-0.3, -0.25) is 4.98 Å². The van der Waals surface area contributed by atoms with Crippen LogP contribution < -0.4 is 10.6 Å². The van der Waals surface area contributed by atoms with Gasteiger partial charge in [0.25, 0.3) is 0 Å². The molecule has 0 saturated heterocycles. The number of anilines is 1. The molecule has 1 fully saturated rings. The molecule has 1 aromatic carbocycles. The number of amides is 2. The van der Waals surface area contributed by atoms with Crippen molar-refractivity contribution in [2.75, 3.05) is 5.32 Å². The Hall–Kier alpha value is -2.41. The van der Waals surface area contributed by atoms with Gasteiger partial charge in [0.1, 0.15) is 0 Å². The zero-order chi connectivity index (χ0) is 20.1. The molecule has 0 radical (unpaired) electrons. The fourth-order valence-corrected chi connectivity index (χ4v) is 5.87. The van der Waals surface area contributed by atoms with Gasteiger partial charge in [-0.25, -0.2) is 13.2 Å². The first-order valence-electron chi connectivity index (χ1n) is 9.64. The maximum Gasteiger partial charge on any atom is 0.319 e. The van der Waals surface area contributed by atoms with Crippen molar-refractivity contribution >= 4 is 21.6 Å². The van der Waals surface area contributed by atoms with E-state index in [4.69, 9.17) is 0 Å². The zero-order valence-electron chi connectivity index (χ0n) is 16.3. The van der Waals surface area contributed by atoms with E-state index in [9.17, 15) is 13.2 Å². The lowest BCUT2D eigenvalue weighted by Gasteiger charge is -2.32. The predicted molar refractivity (Wildman–Crippen MR) is 110 cm³/mol. The highest BCUT2D eigenvalue weighted by Crippen LogP contribution is 2.35. The van der Waals surface area contributed by atoms with Crippen LogP contribution in [0.15, 0.2) is 53.7 Å². The lowest BCUT2D eigenvalue weighted by Crippen LogP contribution is -2.34. The molecule has 150 valence electrons. The third-order valence-electron chi connectivity index (χ3n) is 5.40. The van der Waals surface area contributed by atoms with Crippen molar-refractivity contribution in [2.45, 2.75) is 49.8 Å². The maximum absolute atomic E-state index is 13.0. The van der Waals surface area contributed by atoms with E-state index in [-0.39, 0.29) is 17.2 Å². The molecule has 1 heterocycles. The summed E-state index contributed by atoms with van der Waals surface area (Å²) in [5.41, 5.74) is 1.45. The number of rotatable bonds is 5. The van der Waals surface area contributed by atoms with Crippen LogP contribution in [0.4, 0.5) is 10.5 Å². The van der Waals surface area contributed by atoms with E-state index in [1.807, 2.05) is 19.1 Å². The molecule has 28 heavy (non-hydrogen) atoms. The molecule has 7 heteroatoms. The Labute approximate surface area is 166 Å². The molecule has 2 amide bonds. The standard InChI is InChI=1S/C21H27N3O3S/c1-15-5-6-16(2)20(12-15)28(26,27)19-9-7-18(8-10-19)24-21(25)23-14-17-4-3-11-22-13-17/h3-4,7-11,13,15-16,20H,5-6,12,14H2,1-2H3,(H2,23,24,25). The molecule has 3 unspecified atom stereocenters. The number of pyridine rings is 1. The number of benzene rings is 1. The van der Waals surface area contributed by atoms with Crippen molar-refractivity contribution in [3.63, 3.8) is 0 Å². The molecular formula is C21H27N3O3S. The second-order valence-electron chi connectivity index (χ2n) is 7.67. The third kappa shape index (κ3) is 4.90. The van der Waals surface area contributed by atoms with Crippen LogP contribution >= 0.6 is 0 Å². The number of hydrogen-bond acceptors (Lipinski definition) is 4. The third-order valence-corrected chi connectivity index (χ3v) is 7.78. The molecule has 0 spiro atoms. The first-order valence-corrected chi connectivity index (χ1v) is 11.2. The number of carbonyl (C=O) groups excluding carboxylic acids is 1. The van der Waals surface area contributed by atoms with Crippen LogP contribution in [0.25, 0.3) is 0 Å². The second kappa shape index (κ2) is 8.73. The minimum Gasteiger partial charge on any atom is -0.334 e. The van der Waals surface area contributed by atoms with Gasteiger partial charge >= 0.3 is 6.03 Å². The second-order valence-corrected chi connectivity index (χ2v) is 9.84. The predicted octanol–water partition coefficient (Wildman–Crippen LogP) is 4.00. The van der Waals surface area contributed by atoms with Crippen LogP contribution in [0.2, 0.25) is 0 Å². The number of nitrogens with one attached hydrogen (secondary N) is 2. The summed E-state index contributed by atoms with van der Waals surface area (Å²) in [6, 6.07) is 9.76. The Balaban J connectivity index is 1.62. The topological polar surface area (TPSA) is 88.2 Å². The highest BCUT2D eigenvalue weighted by Gasteiger charge is 2.36. The molecule has 6 nitrogen and oxygen atoms in total. The van der Waals surface area contributed by atoms with Crippen molar-refractivity contribution in [3.05, 3.63) is 54.4 Å². The smallest absolute Gasteiger partial charge is 0.319 e. The van der Waals surface area contributed by atoms with Crippen LogP contribution in [-0.2, 0) is 16.4 Å². The van der Waals surface area contributed by atoms with E-state index in [1.165, 1.54) is 0 Å². The number of carbonyl (C=O) groups is 1. The fraction of sp³-hybridized carbons (Fsp3) is 0.429. The van der Waals surface area contributed by atoms with Crippen LogP contribution in [0.5, 0.6) is 0 Å². The average Bonchev–Trinajstić information content (AvgIpc) is 2.69. The SMILES string of the molecule is CC1CCC(C)C(S(=O)(=O)c2ccc(NC(=O)NCc3cccnc3)cc2)C1. The Bertz CT molecular complexity index is 898. The first-order chi connectivity index (χ1) is 13.4. The quantitative estimate of drug-likeness (QED) is 0.792. The Kier molecular flexibility index (Phi) is 6.34. The van der Waals surface area contributed by atoms with E-state index in [0.717, 1.165) is 18.4 Å². The highest BCUT2D eigenvalue weighted by molar-refractivity contribution is 7.92. The summed E-state index contributed by atoms with van der Waals surface area (Å²) in [6.45, 7) is 4.51. The Morgan fingerprint density at radius 3 is 2.57 bits per heavy atom. The lowest BCUT2D eigenvalue weighted by molar-refractivity contribution is 0.251. The Morgan fingerprint density at radius 2 is 1.89 bits per heavy atom. The monoisotopic (exact) mass is 401 g/mol. The number of sulfone groups is 1. The van der Waals surface area contributed by atoms with Crippen LogP contribution in [0, 0.1) is 11.8 Å². The number of urea groups is 1. The normalized spacial score (nSPS) is 22.4. The van der Waals surface area contributed by atoms with E-state index in [0.29, 0.717) is 29.5 Å². The van der Waals surface area contributed by atoms with Crippen molar-refractivity contribution in [1.29, 1.82) is 0 Å². The largest absolute Gasteiger partial charge is 0.334 e. The molecule has 1 aromatic heterocycles. The molecule has 2 aromatic rings. The summed E-state index contributed by atoms with van der Waals surface area (Å²) >= 11 is 0. The van der Waals surface area contributed by atoms with Gasteiger partial charge in [-0.15, -0.1) is 0 Å². The van der Waals surface area contributed by atoms with E-state index >= 15 is 0 Å². The summed E-state index contributed by atoms with van der Waals surface area (Å²) in [5, 5.41) is 5.13. The van der Waals surface area contributed by atoms with Gasteiger partial charge < -0.3 is 10.6 Å². The summed E-state index contributed by atoms with van der Waals surface area (Å²) in [5.74, 6) is 0.595. The summed E-state index contributed by atoms with van der Waals surface area (Å²) < 4.78 is 26.1. The molecule has 0 aliphatic heterocycles. The summed E-state index contributed by atoms with van der Waals surface area (Å²) in [4.78, 5) is 16.4. The molecule has 3 atom stereocenters. The minimum atomic E-state index is -3.37. The minimum absolute atomic E-state index is 0.164. The first kappa shape index (κ1) is 20.3. The van der Waals surface area contributed by atoms with Gasteiger partial charge in [-0.2, -0.15) is 0 Å². The molecule has 1 aliphatic rings. The van der Waals surface area contributed by atoms with Gasteiger partial charge in [0.2, 0.25) is 0 Å². The molecule has 0 bridgehead atoms. The molecule has 2 N–H and O–H groups in total.